The molecule has 1 fully saturated rings. The zero-order valence-electron chi connectivity index (χ0n) is 10.2. The number of hydrogen-bond donors (Lipinski definition) is 1. The smallest absolute Gasteiger partial charge is 0.182 e. The van der Waals surface area contributed by atoms with Crippen LogP contribution in [0, 0.1) is 5.92 Å². The lowest BCUT2D eigenvalue weighted by Crippen LogP contribution is -2.12. The molecule has 0 saturated heterocycles. The second kappa shape index (κ2) is 6.24. The molecule has 0 radical (unpaired) electrons. The maximum atomic E-state index is 4.52. The average Bonchev–Trinajstić information content (AvgIpc) is 2.78. The Morgan fingerprint density at radius 1 is 1.38 bits per heavy atom. The molecule has 1 aliphatic rings. The van der Waals surface area contributed by atoms with E-state index in [0.29, 0.717) is 0 Å². The van der Waals surface area contributed by atoms with E-state index in [0.717, 1.165) is 24.0 Å². The van der Waals surface area contributed by atoms with E-state index < -0.39 is 0 Å². The van der Waals surface area contributed by atoms with Crippen molar-refractivity contribution in [1.82, 2.24) is 4.98 Å². The van der Waals surface area contributed by atoms with Gasteiger partial charge in [-0.15, -0.1) is 11.3 Å². The monoisotopic (exact) mass is 238 g/mol. The summed E-state index contributed by atoms with van der Waals surface area (Å²) in [5.74, 6) is 0.965. The first-order valence-electron chi connectivity index (χ1n) is 6.56. The fraction of sp³-hybridized carbons (Fsp3) is 0.769. The Balaban J connectivity index is 1.66. The molecule has 1 N–H and O–H groups in total. The third-order valence-electron chi connectivity index (χ3n) is 3.47. The molecule has 0 bridgehead atoms. The second-order valence-electron chi connectivity index (χ2n) is 4.72. The van der Waals surface area contributed by atoms with Crippen molar-refractivity contribution in [2.75, 3.05) is 11.9 Å². The Kier molecular flexibility index (Phi) is 4.64. The van der Waals surface area contributed by atoms with Gasteiger partial charge in [0.15, 0.2) is 5.13 Å². The van der Waals surface area contributed by atoms with Crippen LogP contribution in [0.15, 0.2) is 5.38 Å². The predicted molar refractivity (Wildman–Crippen MR) is 71.2 cm³/mol. The fourth-order valence-electron chi connectivity index (χ4n) is 2.41. The van der Waals surface area contributed by atoms with Crippen LogP contribution in [0.3, 0.4) is 0 Å². The Morgan fingerprint density at radius 2 is 2.19 bits per heavy atom. The topological polar surface area (TPSA) is 24.9 Å². The van der Waals surface area contributed by atoms with Crippen LogP contribution in [0.1, 0.15) is 51.1 Å². The summed E-state index contributed by atoms with van der Waals surface area (Å²) in [5.41, 5.74) is 1.21. The summed E-state index contributed by atoms with van der Waals surface area (Å²) in [5, 5.41) is 6.71. The molecule has 3 heteroatoms. The molecule has 2 rings (SSSR count). The van der Waals surface area contributed by atoms with Gasteiger partial charge in [-0.1, -0.05) is 39.0 Å². The van der Waals surface area contributed by atoms with Gasteiger partial charge in [0, 0.05) is 11.9 Å². The van der Waals surface area contributed by atoms with Crippen molar-refractivity contribution in [2.45, 2.75) is 51.9 Å². The molecule has 0 atom stereocenters. The third kappa shape index (κ3) is 3.48. The zero-order chi connectivity index (χ0) is 11.2. The van der Waals surface area contributed by atoms with Gasteiger partial charge in [-0.2, -0.15) is 0 Å². The van der Waals surface area contributed by atoms with Gasteiger partial charge >= 0.3 is 0 Å². The number of nitrogens with one attached hydrogen (secondary N) is 1. The number of hydrogen-bond acceptors (Lipinski definition) is 3. The SMILES string of the molecule is CCc1csc(NCCC2CCCCC2)n1. The first kappa shape index (κ1) is 11.9. The van der Waals surface area contributed by atoms with E-state index in [1.807, 2.05) is 0 Å². The predicted octanol–water partition coefficient (Wildman–Crippen LogP) is 4.09. The van der Waals surface area contributed by atoms with Crippen LogP contribution in [0.4, 0.5) is 5.13 Å². The molecule has 1 aliphatic carbocycles. The Morgan fingerprint density at radius 3 is 2.88 bits per heavy atom. The van der Waals surface area contributed by atoms with Crippen molar-refractivity contribution in [3.8, 4) is 0 Å². The van der Waals surface area contributed by atoms with Crippen molar-refractivity contribution in [3.63, 3.8) is 0 Å². The number of thiazole rings is 1. The molecular formula is C13H22N2S. The number of aryl methyl sites for hydroxylation is 1. The van der Waals surface area contributed by atoms with Gasteiger partial charge in [0.2, 0.25) is 0 Å². The lowest BCUT2D eigenvalue weighted by atomic mass is 9.87. The first-order chi connectivity index (χ1) is 7.88. The van der Waals surface area contributed by atoms with E-state index in [1.165, 1.54) is 44.2 Å². The van der Waals surface area contributed by atoms with Crippen molar-refractivity contribution < 1.29 is 0 Å². The van der Waals surface area contributed by atoms with Crippen molar-refractivity contribution >= 4 is 16.5 Å². The minimum Gasteiger partial charge on any atom is -0.362 e. The average molecular weight is 238 g/mol. The van der Waals surface area contributed by atoms with Gasteiger partial charge in [-0.25, -0.2) is 4.98 Å². The highest BCUT2D eigenvalue weighted by Gasteiger charge is 2.12. The minimum absolute atomic E-state index is 0.965. The van der Waals surface area contributed by atoms with E-state index in [9.17, 15) is 0 Å². The van der Waals surface area contributed by atoms with Gasteiger partial charge in [0.05, 0.1) is 5.69 Å². The lowest BCUT2D eigenvalue weighted by Gasteiger charge is -2.21. The van der Waals surface area contributed by atoms with E-state index in [1.54, 1.807) is 11.3 Å². The molecular weight excluding hydrogens is 216 g/mol. The van der Waals surface area contributed by atoms with Crippen LogP contribution in [-0.4, -0.2) is 11.5 Å². The molecule has 0 spiro atoms. The number of aromatic nitrogens is 1. The van der Waals surface area contributed by atoms with Crippen LogP contribution >= 0.6 is 11.3 Å². The normalized spacial score (nSPS) is 17.6. The van der Waals surface area contributed by atoms with E-state index in [-0.39, 0.29) is 0 Å². The number of rotatable bonds is 5. The summed E-state index contributed by atoms with van der Waals surface area (Å²) >= 11 is 1.74. The molecule has 0 unspecified atom stereocenters. The highest BCUT2D eigenvalue weighted by atomic mass is 32.1. The number of anilines is 1. The van der Waals surface area contributed by atoms with Crippen LogP contribution in [0.5, 0.6) is 0 Å². The van der Waals surface area contributed by atoms with Gasteiger partial charge in [0.1, 0.15) is 0 Å². The number of nitrogens with zero attached hydrogens (tertiary/aromatic N) is 1. The summed E-state index contributed by atoms with van der Waals surface area (Å²) < 4.78 is 0. The van der Waals surface area contributed by atoms with Crippen molar-refractivity contribution in [2.24, 2.45) is 5.92 Å². The van der Waals surface area contributed by atoms with Gasteiger partial charge in [-0.3, -0.25) is 0 Å². The fourth-order valence-corrected chi connectivity index (χ4v) is 3.23. The van der Waals surface area contributed by atoms with Gasteiger partial charge in [-0.05, 0) is 18.8 Å². The summed E-state index contributed by atoms with van der Waals surface area (Å²) in [6.07, 6.45) is 9.60. The molecule has 1 saturated carbocycles. The molecule has 2 nitrogen and oxygen atoms in total. The molecule has 90 valence electrons. The van der Waals surface area contributed by atoms with Crippen LogP contribution in [0.2, 0.25) is 0 Å². The lowest BCUT2D eigenvalue weighted by molar-refractivity contribution is 0.345. The molecule has 16 heavy (non-hydrogen) atoms. The zero-order valence-corrected chi connectivity index (χ0v) is 11.0. The van der Waals surface area contributed by atoms with Gasteiger partial charge < -0.3 is 5.32 Å². The van der Waals surface area contributed by atoms with Crippen molar-refractivity contribution in [1.29, 1.82) is 0 Å². The van der Waals surface area contributed by atoms with Crippen molar-refractivity contribution in [3.05, 3.63) is 11.1 Å². The van der Waals surface area contributed by atoms with Crippen LogP contribution in [-0.2, 0) is 6.42 Å². The molecule has 1 aromatic heterocycles. The quantitative estimate of drug-likeness (QED) is 0.836. The largest absolute Gasteiger partial charge is 0.362 e. The summed E-state index contributed by atoms with van der Waals surface area (Å²) in [4.78, 5) is 4.52. The molecule has 0 amide bonds. The molecule has 1 aromatic rings. The molecule has 0 aromatic carbocycles. The summed E-state index contributed by atoms with van der Waals surface area (Å²) in [6, 6.07) is 0. The first-order valence-corrected chi connectivity index (χ1v) is 7.44. The molecule has 1 heterocycles. The maximum Gasteiger partial charge on any atom is 0.182 e. The van der Waals surface area contributed by atoms with E-state index in [4.69, 9.17) is 0 Å². The minimum atomic E-state index is 0.965. The summed E-state index contributed by atoms with van der Waals surface area (Å²) in [7, 11) is 0. The van der Waals surface area contributed by atoms with Gasteiger partial charge in [0.25, 0.3) is 0 Å². The Bertz CT molecular complexity index is 303. The third-order valence-corrected chi connectivity index (χ3v) is 4.32. The second-order valence-corrected chi connectivity index (χ2v) is 5.58. The van der Waals surface area contributed by atoms with Crippen LogP contribution < -0.4 is 5.32 Å². The molecule has 0 aliphatic heterocycles. The van der Waals surface area contributed by atoms with E-state index >= 15 is 0 Å². The standard InChI is InChI=1S/C13H22N2S/c1-2-12-10-16-13(15-12)14-9-8-11-6-4-3-5-7-11/h10-11H,2-9H2,1H3,(H,14,15). The highest BCUT2D eigenvalue weighted by Crippen LogP contribution is 2.26. The Hall–Kier alpha value is -0.570. The van der Waals surface area contributed by atoms with Crippen LogP contribution in [0.25, 0.3) is 0 Å². The highest BCUT2D eigenvalue weighted by molar-refractivity contribution is 7.13. The Labute approximate surface area is 102 Å². The summed E-state index contributed by atoms with van der Waals surface area (Å²) in [6.45, 7) is 3.25. The van der Waals surface area contributed by atoms with E-state index in [2.05, 4.69) is 22.6 Å². The maximum absolute atomic E-state index is 4.52.